The molecule has 0 aliphatic heterocycles. The molecule has 0 unspecified atom stereocenters. The zero-order valence-electron chi connectivity index (χ0n) is 7.60. The van der Waals surface area contributed by atoms with Crippen molar-refractivity contribution in [2.45, 2.75) is 6.92 Å². The van der Waals surface area contributed by atoms with E-state index in [1.54, 1.807) is 30.3 Å². The average molecular weight is 207 g/mol. The Morgan fingerprint density at radius 1 is 1.36 bits per heavy atom. The molecule has 0 aliphatic carbocycles. The highest BCUT2D eigenvalue weighted by molar-refractivity contribution is 7.83. The van der Waals surface area contributed by atoms with E-state index < -0.39 is 10.7 Å². The van der Waals surface area contributed by atoms with Gasteiger partial charge in [0.05, 0.1) is 11.0 Å². The molecule has 14 heavy (non-hydrogen) atoms. The number of allylic oxidation sites excluding steroid dienone is 1. The van der Waals surface area contributed by atoms with Gasteiger partial charge in [-0.1, -0.05) is 29.8 Å². The summed E-state index contributed by atoms with van der Waals surface area (Å²) in [5.41, 5.74) is 1.60. The zero-order valence-corrected chi connectivity index (χ0v) is 8.49. The van der Waals surface area contributed by atoms with Gasteiger partial charge in [0.1, 0.15) is 0 Å². The van der Waals surface area contributed by atoms with Crippen LogP contribution in [0.3, 0.4) is 0 Å². The van der Waals surface area contributed by atoms with Crippen LogP contribution in [0.25, 0.3) is 4.91 Å². The van der Waals surface area contributed by atoms with Gasteiger partial charge in [-0.3, -0.25) is 0 Å². The molecule has 3 nitrogen and oxygen atoms in total. The Hall–Kier alpha value is -1.60. The van der Waals surface area contributed by atoms with Crippen LogP contribution in [0, 0.1) is 18.3 Å². The SMILES string of the molecule is Cc1ccc(/C(=C\C#N)[SH](=O)=O)cc1. The van der Waals surface area contributed by atoms with E-state index in [-0.39, 0.29) is 4.91 Å². The van der Waals surface area contributed by atoms with Gasteiger partial charge in [-0.05, 0) is 12.5 Å². The van der Waals surface area contributed by atoms with E-state index in [1.165, 1.54) is 0 Å². The first-order chi connectivity index (χ1) is 6.65. The molecule has 0 N–H and O–H groups in total. The molecular formula is C10H9NO2S. The summed E-state index contributed by atoms with van der Waals surface area (Å²) in [6.45, 7) is 1.91. The van der Waals surface area contributed by atoms with Crippen molar-refractivity contribution in [2.24, 2.45) is 0 Å². The molecule has 0 aliphatic rings. The third-order valence-corrected chi connectivity index (χ3v) is 2.53. The summed E-state index contributed by atoms with van der Waals surface area (Å²) in [6, 6.07) is 8.69. The Balaban J connectivity index is 3.21. The predicted molar refractivity (Wildman–Crippen MR) is 55.1 cm³/mol. The fourth-order valence-corrected chi connectivity index (χ4v) is 1.55. The van der Waals surface area contributed by atoms with Crippen molar-refractivity contribution in [2.75, 3.05) is 0 Å². The number of benzene rings is 1. The molecule has 72 valence electrons. The van der Waals surface area contributed by atoms with Crippen LogP contribution < -0.4 is 0 Å². The molecule has 0 saturated carbocycles. The molecule has 0 amide bonds. The topological polar surface area (TPSA) is 57.9 Å². The molecule has 0 atom stereocenters. The molecule has 0 saturated heterocycles. The first kappa shape index (κ1) is 10.5. The molecule has 0 radical (unpaired) electrons. The summed E-state index contributed by atoms with van der Waals surface area (Å²) in [5.74, 6) is 0. The van der Waals surface area contributed by atoms with Crippen LogP contribution in [0.5, 0.6) is 0 Å². The van der Waals surface area contributed by atoms with Gasteiger partial charge in [-0.25, -0.2) is 8.42 Å². The molecule has 1 rings (SSSR count). The van der Waals surface area contributed by atoms with Crippen molar-refractivity contribution >= 4 is 15.6 Å². The second kappa shape index (κ2) is 4.58. The van der Waals surface area contributed by atoms with Gasteiger partial charge in [0.25, 0.3) is 0 Å². The maximum atomic E-state index is 10.8. The number of hydrogen-bond acceptors (Lipinski definition) is 3. The van der Waals surface area contributed by atoms with Gasteiger partial charge in [0.15, 0.2) is 10.7 Å². The second-order valence-electron chi connectivity index (χ2n) is 2.78. The van der Waals surface area contributed by atoms with E-state index in [1.807, 2.05) is 6.92 Å². The Kier molecular flexibility index (Phi) is 3.43. The fraction of sp³-hybridized carbons (Fsp3) is 0.100. The molecule has 0 spiro atoms. The third kappa shape index (κ3) is 2.44. The minimum absolute atomic E-state index is 0.0579. The van der Waals surface area contributed by atoms with Gasteiger partial charge < -0.3 is 0 Å². The number of hydrogen-bond donors (Lipinski definition) is 1. The predicted octanol–water partition coefficient (Wildman–Crippen LogP) is 1.47. The Morgan fingerprint density at radius 3 is 2.36 bits per heavy atom. The van der Waals surface area contributed by atoms with Gasteiger partial charge in [0, 0.05) is 6.08 Å². The first-order valence-corrected chi connectivity index (χ1v) is 5.14. The van der Waals surface area contributed by atoms with Crippen molar-refractivity contribution in [3.8, 4) is 6.07 Å². The lowest BCUT2D eigenvalue weighted by Gasteiger charge is -1.98. The summed E-state index contributed by atoms with van der Waals surface area (Å²) in [7, 11) is -2.72. The largest absolute Gasteiger partial charge is 0.227 e. The number of thiol groups is 1. The van der Waals surface area contributed by atoms with Gasteiger partial charge in [-0.15, -0.1) is 0 Å². The lowest BCUT2D eigenvalue weighted by atomic mass is 10.1. The number of rotatable bonds is 2. The highest BCUT2D eigenvalue weighted by atomic mass is 32.2. The van der Waals surface area contributed by atoms with Gasteiger partial charge in [0.2, 0.25) is 0 Å². The molecule has 0 bridgehead atoms. The van der Waals surface area contributed by atoms with E-state index in [0.29, 0.717) is 5.56 Å². The van der Waals surface area contributed by atoms with E-state index in [4.69, 9.17) is 5.26 Å². The van der Waals surface area contributed by atoms with Gasteiger partial charge >= 0.3 is 0 Å². The minimum atomic E-state index is -2.72. The van der Waals surface area contributed by atoms with Crippen LogP contribution in [-0.4, -0.2) is 8.42 Å². The molecule has 0 heterocycles. The van der Waals surface area contributed by atoms with Crippen molar-refractivity contribution in [3.05, 3.63) is 41.5 Å². The summed E-state index contributed by atoms with van der Waals surface area (Å²) >= 11 is 0. The molecule has 4 heteroatoms. The summed E-state index contributed by atoms with van der Waals surface area (Å²) in [5, 5.41) is 8.41. The normalized spacial score (nSPS) is 11.4. The maximum absolute atomic E-state index is 10.8. The molecule has 0 fully saturated rings. The van der Waals surface area contributed by atoms with E-state index >= 15 is 0 Å². The van der Waals surface area contributed by atoms with Crippen molar-refractivity contribution in [1.29, 1.82) is 5.26 Å². The number of nitriles is 1. The van der Waals surface area contributed by atoms with Crippen LogP contribution in [0.4, 0.5) is 0 Å². The quantitative estimate of drug-likeness (QED) is 0.590. The highest BCUT2D eigenvalue weighted by Crippen LogP contribution is 2.15. The number of nitrogens with zero attached hydrogens (tertiary/aromatic N) is 1. The highest BCUT2D eigenvalue weighted by Gasteiger charge is 2.02. The molecule has 0 aromatic heterocycles. The van der Waals surface area contributed by atoms with E-state index in [2.05, 4.69) is 0 Å². The van der Waals surface area contributed by atoms with Crippen LogP contribution in [0.1, 0.15) is 11.1 Å². The van der Waals surface area contributed by atoms with Crippen LogP contribution >= 0.6 is 0 Å². The fourth-order valence-electron chi connectivity index (χ4n) is 1.03. The minimum Gasteiger partial charge on any atom is -0.227 e. The summed E-state index contributed by atoms with van der Waals surface area (Å²) < 4.78 is 21.6. The van der Waals surface area contributed by atoms with Crippen LogP contribution in [0.2, 0.25) is 0 Å². The van der Waals surface area contributed by atoms with Crippen LogP contribution in [0.15, 0.2) is 30.3 Å². The molecule has 1 aromatic rings. The molecule has 1 aromatic carbocycles. The Labute approximate surface area is 84.3 Å². The van der Waals surface area contributed by atoms with Crippen molar-refractivity contribution in [1.82, 2.24) is 0 Å². The summed E-state index contributed by atoms with van der Waals surface area (Å²) in [4.78, 5) is 0.0579. The van der Waals surface area contributed by atoms with E-state index in [9.17, 15) is 8.42 Å². The van der Waals surface area contributed by atoms with Crippen LogP contribution in [-0.2, 0) is 10.7 Å². The monoisotopic (exact) mass is 207 g/mol. The lowest BCUT2D eigenvalue weighted by Crippen LogP contribution is -1.86. The number of aryl methyl sites for hydroxylation is 1. The average Bonchev–Trinajstić information content (AvgIpc) is 2.15. The van der Waals surface area contributed by atoms with Crippen molar-refractivity contribution < 1.29 is 8.42 Å². The summed E-state index contributed by atoms with van der Waals surface area (Å²) in [6.07, 6.45) is 1.04. The zero-order chi connectivity index (χ0) is 10.6. The second-order valence-corrected chi connectivity index (χ2v) is 3.78. The first-order valence-electron chi connectivity index (χ1n) is 3.96. The van der Waals surface area contributed by atoms with Crippen molar-refractivity contribution in [3.63, 3.8) is 0 Å². The Bertz CT molecular complexity index is 456. The standard InChI is InChI=1S/C10H9NO2S/c1-8-2-4-9(5-3-8)10(6-7-11)14(12)13/h2-6,14H,1H3/b10-6+. The lowest BCUT2D eigenvalue weighted by molar-refractivity contribution is 0.623. The third-order valence-electron chi connectivity index (χ3n) is 1.75. The Morgan fingerprint density at radius 2 is 1.93 bits per heavy atom. The maximum Gasteiger partial charge on any atom is 0.169 e. The van der Waals surface area contributed by atoms with E-state index in [0.717, 1.165) is 11.6 Å². The smallest absolute Gasteiger partial charge is 0.169 e. The molecular weight excluding hydrogens is 198 g/mol. The van der Waals surface area contributed by atoms with Gasteiger partial charge in [-0.2, -0.15) is 5.26 Å².